The van der Waals surface area contributed by atoms with E-state index in [-0.39, 0.29) is 5.91 Å². The van der Waals surface area contributed by atoms with E-state index in [4.69, 9.17) is 14.7 Å². The van der Waals surface area contributed by atoms with Gasteiger partial charge in [-0.15, -0.1) is 0 Å². The van der Waals surface area contributed by atoms with Gasteiger partial charge in [0.15, 0.2) is 11.5 Å². The van der Waals surface area contributed by atoms with Crippen molar-refractivity contribution in [3.05, 3.63) is 59.7 Å². The maximum absolute atomic E-state index is 12.0. The highest BCUT2D eigenvalue weighted by atomic mass is 16.5. The number of methoxy groups -OCH3 is 1. The first kappa shape index (κ1) is 19.1. The number of hydrogen-bond acceptors (Lipinski definition) is 4. The molecule has 5 heteroatoms. The van der Waals surface area contributed by atoms with Crippen LogP contribution in [0.1, 0.15) is 25.0 Å². The third-order valence-electron chi connectivity index (χ3n) is 3.47. The SMILES string of the molecule is COc1cc(/C=C/C(=O)Nc2ccc(C#N)cc2)ccc1OCC(C)C. The van der Waals surface area contributed by atoms with Gasteiger partial charge in [0.2, 0.25) is 5.91 Å². The van der Waals surface area contributed by atoms with E-state index in [2.05, 4.69) is 19.2 Å². The number of nitriles is 1. The van der Waals surface area contributed by atoms with Crippen LogP contribution >= 0.6 is 0 Å². The summed E-state index contributed by atoms with van der Waals surface area (Å²) in [7, 11) is 1.59. The first-order valence-electron chi connectivity index (χ1n) is 8.32. The summed E-state index contributed by atoms with van der Waals surface area (Å²) in [5.41, 5.74) is 2.01. The molecule has 26 heavy (non-hydrogen) atoms. The minimum absolute atomic E-state index is 0.256. The predicted molar refractivity (Wildman–Crippen MR) is 102 cm³/mol. The van der Waals surface area contributed by atoms with Crippen molar-refractivity contribution in [3.8, 4) is 17.6 Å². The Balaban J connectivity index is 2.01. The van der Waals surface area contributed by atoms with E-state index in [0.29, 0.717) is 35.3 Å². The Morgan fingerprint density at radius 3 is 2.54 bits per heavy atom. The molecule has 0 aromatic heterocycles. The predicted octanol–water partition coefficient (Wildman–Crippen LogP) is 4.25. The summed E-state index contributed by atoms with van der Waals surface area (Å²) in [6, 6.07) is 14.2. The molecule has 0 aliphatic heterocycles. The van der Waals surface area contributed by atoms with Crippen LogP contribution in [-0.4, -0.2) is 19.6 Å². The molecule has 0 aliphatic carbocycles. The molecular weight excluding hydrogens is 328 g/mol. The number of rotatable bonds is 7. The summed E-state index contributed by atoms with van der Waals surface area (Å²) < 4.78 is 11.1. The summed E-state index contributed by atoms with van der Waals surface area (Å²) in [5, 5.41) is 11.5. The molecular formula is C21H22N2O3. The van der Waals surface area contributed by atoms with Gasteiger partial charge in [-0.05, 0) is 54.0 Å². The van der Waals surface area contributed by atoms with Gasteiger partial charge in [0.1, 0.15) is 0 Å². The van der Waals surface area contributed by atoms with Crippen LogP contribution in [0, 0.1) is 17.2 Å². The second-order valence-corrected chi connectivity index (χ2v) is 6.13. The molecule has 0 spiro atoms. The minimum atomic E-state index is -0.256. The summed E-state index contributed by atoms with van der Waals surface area (Å²) >= 11 is 0. The van der Waals surface area contributed by atoms with E-state index in [9.17, 15) is 4.79 Å². The summed E-state index contributed by atoms with van der Waals surface area (Å²) in [4.78, 5) is 12.0. The highest BCUT2D eigenvalue weighted by molar-refractivity contribution is 6.01. The van der Waals surface area contributed by atoms with Gasteiger partial charge in [-0.1, -0.05) is 19.9 Å². The maximum atomic E-state index is 12.0. The molecule has 0 radical (unpaired) electrons. The van der Waals surface area contributed by atoms with Crippen LogP contribution in [-0.2, 0) is 4.79 Å². The van der Waals surface area contributed by atoms with E-state index in [1.165, 1.54) is 6.08 Å². The van der Waals surface area contributed by atoms with Crippen molar-refractivity contribution < 1.29 is 14.3 Å². The molecule has 1 N–H and O–H groups in total. The van der Waals surface area contributed by atoms with Gasteiger partial charge in [0.05, 0.1) is 25.3 Å². The average Bonchev–Trinajstić information content (AvgIpc) is 2.65. The fraction of sp³-hybridized carbons (Fsp3) is 0.238. The third kappa shape index (κ3) is 5.67. The summed E-state index contributed by atoms with van der Waals surface area (Å²) in [6.07, 6.45) is 3.15. The topological polar surface area (TPSA) is 71.3 Å². The fourth-order valence-corrected chi connectivity index (χ4v) is 2.15. The average molecular weight is 350 g/mol. The van der Waals surface area contributed by atoms with E-state index >= 15 is 0 Å². The standard InChI is InChI=1S/C21H22N2O3/c1-15(2)14-26-19-10-6-16(12-20(19)25-3)7-11-21(24)23-18-8-4-17(13-22)5-9-18/h4-12,15H,14H2,1-3H3,(H,23,24)/b11-7+. The Labute approximate surface area is 153 Å². The molecule has 0 saturated carbocycles. The molecule has 0 bridgehead atoms. The number of anilines is 1. The fourth-order valence-electron chi connectivity index (χ4n) is 2.15. The Morgan fingerprint density at radius 2 is 1.92 bits per heavy atom. The van der Waals surface area contributed by atoms with E-state index in [0.717, 1.165) is 5.56 Å². The van der Waals surface area contributed by atoms with Gasteiger partial charge < -0.3 is 14.8 Å². The number of carbonyl (C=O) groups excluding carboxylic acids is 1. The highest BCUT2D eigenvalue weighted by Gasteiger charge is 2.06. The summed E-state index contributed by atoms with van der Waals surface area (Å²) in [6.45, 7) is 4.77. The molecule has 0 unspecified atom stereocenters. The molecule has 2 aromatic carbocycles. The first-order valence-corrected chi connectivity index (χ1v) is 8.32. The van der Waals surface area contributed by atoms with Crippen molar-refractivity contribution in [3.63, 3.8) is 0 Å². The van der Waals surface area contributed by atoms with E-state index < -0.39 is 0 Å². The molecule has 0 saturated heterocycles. The van der Waals surface area contributed by atoms with Crippen LogP contribution in [0.15, 0.2) is 48.5 Å². The largest absolute Gasteiger partial charge is 0.493 e. The number of amides is 1. The summed E-state index contributed by atoms with van der Waals surface area (Å²) in [5.74, 6) is 1.47. The van der Waals surface area contributed by atoms with E-state index in [1.807, 2.05) is 24.3 Å². The normalized spacial score (nSPS) is 10.6. The number of nitrogens with zero attached hydrogens (tertiary/aromatic N) is 1. The van der Waals surface area contributed by atoms with Crippen molar-refractivity contribution in [2.24, 2.45) is 5.92 Å². The molecule has 0 heterocycles. The minimum Gasteiger partial charge on any atom is -0.493 e. The molecule has 2 rings (SSSR count). The zero-order valence-electron chi connectivity index (χ0n) is 15.2. The van der Waals surface area contributed by atoms with Crippen molar-refractivity contribution in [2.45, 2.75) is 13.8 Å². The Kier molecular flexibility index (Phi) is 6.81. The van der Waals surface area contributed by atoms with Gasteiger partial charge >= 0.3 is 0 Å². The molecule has 0 atom stereocenters. The van der Waals surface area contributed by atoms with Crippen molar-refractivity contribution >= 4 is 17.7 Å². The molecule has 0 aliphatic rings. The quantitative estimate of drug-likeness (QED) is 0.758. The van der Waals surface area contributed by atoms with Crippen LogP contribution in [0.25, 0.3) is 6.08 Å². The zero-order valence-corrected chi connectivity index (χ0v) is 15.2. The third-order valence-corrected chi connectivity index (χ3v) is 3.47. The van der Waals surface area contributed by atoms with Gasteiger partial charge in [0, 0.05) is 11.8 Å². The Bertz CT molecular complexity index is 818. The lowest BCUT2D eigenvalue weighted by molar-refractivity contribution is -0.111. The second-order valence-electron chi connectivity index (χ2n) is 6.13. The molecule has 134 valence electrons. The van der Waals surface area contributed by atoms with Crippen LogP contribution < -0.4 is 14.8 Å². The first-order chi connectivity index (χ1) is 12.5. The lowest BCUT2D eigenvalue weighted by Crippen LogP contribution is -2.07. The maximum Gasteiger partial charge on any atom is 0.248 e. The number of benzene rings is 2. The molecule has 1 amide bonds. The number of carbonyl (C=O) groups is 1. The highest BCUT2D eigenvalue weighted by Crippen LogP contribution is 2.29. The van der Waals surface area contributed by atoms with Crippen LogP contribution in [0.5, 0.6) is 11.5 Å². The van der Waals surface area contributed by atoms with Crippen LogP contribution in [0.2, 0.25) is 0 Å². The van der Waals surface area contributed by atoms with Gasteiger partial charge in [-0.25, -0.2) is 0 Å². The van der Waals surface area contributed by atoms with Crippen molar-refractivity contribution in [2.75, 3.05) is 19.0 Å². The van der Waals surface area contributed by atoms with Crippen molar-refractivity contribution in [1.82, 2.24) is 0 Å². The smallest absolute Gasteiger partial charge is 0.248 e. The molecule has 0 fully saturated rings. The second kappa shape index (κ2) is 9.28. The van der Waals surface area contributed by atoms with Crippen molar-refractivity contribution in [1.29, 1.82) is 5.26 Å². The lowest BCUT2D eigenvalue weighted by atomic mass is 10.1. The van der Waals surface area contributed by atoms with Gasteiger partial charge in [-0.2, -0.15) is 5.26 Å². The van der Waals surface area contributed by atoms with Gasteiger partial charge in [-0.3, -0.25) is 4.79 Å². The Hall–Kier alpha value is -3.26. The number of nitrogens with one attached hydrogen (secondary N) is 1. The van der Waals surface area contributed by atoms with Crippen LogP contribution in [0.4, 0.5) is 5.69 Å². The monoisotopic (exact) mass is 350 g/mol. The van der Waals surface area contributed by atoms with E-state index in [1.54, 1.807) is 37.5 Å². The lowest BCUT2D eigenvalue weighted by Gasteiger charge is -2.12. The number of hydrogen-bond donors (Lipinski definition) is 1. The van der Waals surface area contributed by atoms with Gasteiger partial charge in [0.25, 0.3) is 0 Å². The molecule has 5 nitrogen and oxygen atoms in total. The zero-order chi connectivity index (χ0) is 18.9. The Morgan fingerprint density at radius 1 is 1.19 bits per heavy atom. The van der Waals surface area contributed by atoms with Crippen LogP contribution in [0.3, 0.4) is 0 Å². The number of ether oxygens (including phenoxy) is 2. The molecule has 2 aromatic rings.